The minimum Gasteiger partial charge on any atom is -0.448 e. The van der Waals surface area contributed by atoms with E-state index in [4.69, 9.17) is 4.74 Å². The zero-order valence-electron chi connectivity index (χ0n) is 27.2. The molecule has 12 nitrogen and oxygen atoms in total. The molecule has 0 saturated heterocycles. The van der Waals surface area contributed by atoms with Crippen LogP contribution >= 0.6 is 0 Å². The molecular weight excluding hydrogens is 687 g/mol. The maximum absolute atomic E-state index is 15.2. The van der Waals surface area contributed by atoms with Gasteiger partial charge in [0.15, 0.2) is 0 Å². The third kappa shape index (κ3) is 10.1. The van der Waals surface area contributed by atoms with Crippen molar-refractivity contribution in [3.05, 3.63) is 84.1 Å². The predicted octanol–water partition coefficient (Wildman–Crippen LogP) is 7.41. The number of nitrogens with one attached hydrogen (secondary N) is 4. The highest BCUT2D eigenvalue weighted by atomic mass is 32.2. The highest BCUT2D eigenvalue weighted by molar-refractivity contribution is 7.93. The van der Waals surface area contributed by atoms with Gasteiger partial charge >= 0.3 is 18.3 Å². The van der Waals surface area contributed by atoms with Crippen LogP contribution in [0.5, 0.6) is 0 Å². The lowest BCUT2D eigenvalue weighted by atomic mass is 10.1. The number of benzene rings is 3. The Morgan fingerprint density at radius 2 is 1.72 bits per heavy atom. The largest absolute Gasteiger partial charge is 0.448 e. The molecule has 50 heavy (non-hydrogen) atoms. The SMILES string of the molecule is CCOC(=O)N=S(C)(=O)c1cccc(Nc2ncc(-c3ccc(NC(=O)Nc4cc(C(F)(F)F)ccc4F)c(F)c3)c(NCCN(C)C)n2)c1. The van der Waals surface area contributed by atoms with E-state index in [1.165, 1.54) is 30.7 Å². The van der Waals surface area contributed by atoms with Crippen LogP contribution in [-0.4, -0.2) is 71.2 Å². The fourth-order valence-electron chi connectivity index (χ4n) is 4.33. The van der Waals surface area contributed by atoms with E-state index >= 15 is 4.39 Å². The van der Waals surface area contributed by atoms with Crippen LogP contribution in [0.1, 0.15) is 12.5 Å². The maximum Gasteiger partial charge on any atom is 0.442 e. The number of amides is 3. The van der Waals surface area contributed by atoms with Crippen molar-refractivity contribution < 1.29 is 40.5 Å². The smallest absolute Gasteiger partial charge is 0.442 e. The van der Waals surface area contributed by atoms with Crippen LogP contribution in [0.3, 0.4) is 0 Å². The van der Waals surface area contributed by atoms with E-state index < -0.39 is 50.9 Å². The van der Waals surface area contributed by atoms with Gasteiger partial charge in [-0.05, 0) is 75.1 Å². The molecule has 0 aliphatic rings. The van der Waals surface area contributed by atoms with Gasteiger partial charge in [-0.2, -0.15) is 18.2 Å². The normalized spacial score (nSPS) is 12.5. The van der Waals surface area contributed by atoms with Gasteiger partial charge in [-0.15, -0.1) is 4.36 Å². The summed E-state index contributed by atoms with van der Waals surface area (Å²) in [6.07, 6.45) is -2.97. The van der Waals surface area contributed by atoms with Crippen molar-refractivity contribution in [1.29, 1.82) is 0 Å². The quantitative estimate of drug-likeness (QED) is 0.116. The third-order valence-electron chi connectivity index (χ3n) is 6.75. The predicted molar refractivity (Wildman–Crippen MR) is 180 cm³/mol. The number of rotatable bonds is 11. The summed E-state index contributed by atoms with van der Waals surface area (Å²) in [6, 6.07) is 10.5. The molecule has 0 saturated carbocycles. The number of hydrogen-bond acceptors (Lipinski definition) is 9. The molecule has 3 amide bonds. The van der Waals surface area contributed by atoms with E-state index in [9.17, 15) is 31.4 Å². The molecule has 1 unspecified atom stereocenters. The van der Waals surface area contributed by atoms with E-state index in [0.29, 0.717) is 53.9 Å². The summed E-state index contributed by atoms with van der Waals surface area (Å²) in [7, 11) is 0.624. The van der Waals surface area contributed by atoms with Crippen LogP contribution in [0, 0.1) is 11.6 Å². The van der Waals surface area contributed by atoms with Crippen molar-refractivity contribution in [1.82, 2.24) is 14.9 Å². The van der Waals surface area contributed by atoms with Gasteiger partial charge in [-0.3, -0.25) is 0 Å². The van der Waals surface area contributed by atoms with Crippen molar-refractivity contribution in [2.45, 2.75) is 18.0 Å². The first-order valence-corrected chi connectivity index (χ1v) is 16.7. The van der Waals surface area contributed by atoms with Crippen LogP contribution in [-0.2, 0) is 20.6 Å². The molecule has 0 aliphatic carbocycles. The van der Waals surface area contributed by atoms with Gasteiger partial charge in [-0.25, -0.2) is 27.6 Å². The van der Waals surface area contributed by atoms with Crippen LogP contribution in [0.15, 0.2) is 76.1 Å². The Morgan fingerprint density at radius 3 is 2.40 bits per heavy atom. The molecule has 0 aliphatic heterocycles. The summed E-state index contributed by atoms with van der Waals surface area (Å²) in [4.78, 5) is 35.3. The van der Waals surface area contributed by atoms with Crippen LogP contribution in [0.25, 0.3) is 11.1 Å². The molecule has 1 heterocycles. The number of anilines is 5. The second-order valence-electron chi connectivity index (χ2n) is 10.9. The Balaban J connectivity index is 1.57. The Labute approximate surface area is 284 Å². The molecule has 1 atom stereocenters. The molecule has 4 aromatic rings. The molecular formula is C32H33F5N8O4S. The molecule has 1 aromatic heterocycles. The van der Waals surface area contributed by atoms with Gasteiger partial charge in [-0.1, -0.05) is 12.1 Å². The van der Waals surface area contributed by atoms with Crippen molar-refractivity contribution in [3.8, 4) is 11.1 Å². The molecule has 0 radical (unpaired) electrons. The first kappa shape index (κ1) is 37.5. The summed E-state index contributed by atoms with van der Waals surface area (Å²) >= 11 is 0. The number of carbonyl (C=O) groups is 2. The molecule has 266 valence electrons. The van der Waals surface area contributed by atoms with Gasteiger partial charge in [0.25, 0.3) is 0 Å². The Kier molecular flexibility index (Phi) is 11.9. The van der Waals surface area contributed by atoms with E-state index in [0.717, 1.165) is 6.07 Å². The lowest BCUT2D eigenvalue weighted by molar-refractivity contribution is -0.137. The second-order valence-corrected chi connectivity index (χ2v) is 13.2. The van der Waals surface area contributed by atoms with E-state index in [1.54, 1.807) is 25.1 Å². The van der Waals surface area contributed by atoms with Gasteiger partial charge in [0.1, 0.15) is 17.5 Å². The molecule has 4 rings (SSSR count). The lowest BCUT2D eigenvalue weighted by Gasteiger charge is -2.16. The summed E-state index contributed by atoms with van der Waals surface area (Å²) in [5, 5.41) is 10.3. The van der Waals surface area contributed by atoms with Gasteiger partial charge in [0, 0.05) is 41.7 Å². The first-order valence-electron chi connectivity index (χ1n) is 14.8. The minimum absolute atomic E-state index is 0.0806. The van der Waals surface area contributed by atoms with Crippen molar-refractivity contribution in [2.24, 2.45) is 4.36 Å². The number of carbonyl (C=O) groups excluding carboxylic acids is 2. The number of alkyl halides is 3. The Hall–Kier alpha value is -5.36. The average Bonchev–Trinajstić information content (AvgIpc) is 3.02. The Morgan fingerprint density at radius 1 is 0.980 bits per heavy atom. The molecule has 0 bridgehead atoms. The first-order chi connectivity index (χ1) is 23.5. The van der Waals surface area contributed by atoms with Gasteiger partial charge < -0.3 is 30.9 Å². The van der Waals surface area contributed by atoms with E-state index in [2.05, 4.69) is 30.3 Å². The lowest BCUT2D eigenvalue weighted by Crippen LogP contribution is -2.21. The highest BCUT2D eigenvalue weighted by Gasteiger charge is 2.31. The van der Waals surface area contributed by atoms with Gasteiger partial charge in [0.05, 0.1) is 33.3 Å². The third-order valence-corrected chi connectivity index (χ3v) is 8.38. The van der Waals surface area contributed by atoms with Crippen LogP contribution in [0.4, 0.5) is 60.4 Å². The van der Waals surface area contributed by atoms with Crippen LogP contribution in [0.2, 0.25) is 0 Å². The molecule has 4 N–H and O–H groups in total. The summed E-state index contributed by atoms with van der Waals surface area (Å²) < 4.78 is 90.0. The number of hydrogen-bond donors (Lipinski definition) is 4. The molecule has 0 spiro atoms. The van der Waals surface area contributed by atoms with E-state index in [1.807, 2.05) is 24.3 Å². The number of likely N-dealkylation sites (N-methyl/N-ethyl adjacent to an activating group) is 1. The summed E-state index contributed by atoms with van der Waals surface area (Å²) in [6.45, 7) is 2.74. The number of aromatic nitrogens is 2. The summed E-state index contributed by atoms with van der Waals surface area (Å²) in [5.41, 5.74) is -1.12. The number of nitrogens with zero attached hydrogens (tertiary/aromatic N) is 4. The van der Waals surface area contributed by atoms with Crippen molar-refractivity contribution >= 4 is 50.7 Å². The van der Waals surface area contributed by atoms with Crippen molar-refractivity contribution in [3.63, 3.8) is 0 Å². The topological polar surface area (TPSA) is 150 Å². The molecule has 0 fully saturated rings. The minimum atomic E-state index is -4.77. The van der Waals surface area contributed by atoms with E-state index in [-0.39, 0.29) is 23.1 Å². The fourth-order valence-corrected chi connectivity index (χ4v) is 5.45. The molecule has 3 aromatic carbocycles. The number of ether oxygens (including phenoxy) is 1. The fraction of sp³-hybridized carbons (Fsp3) is 0.250. The standard InChI is InChI=1S/C32H33F5N8O4S/c1-5-49-31(47)44-50(4,48)22-8-6-7-21(17-22)40-29-39-18-23(28(43-29)38-13-14-45(2)3)19-9-12-26(25(34)15-19)41-30(46)42-27-16-20(32(35,36)37)10-11-24(27)33/h6-12,15-18H,5,13-14H2,1-4H3,(H2,41,42,46)(H2,38,39,40,43). The molecule has 18 heteroatoms. The van der Waals surface area contributed by atoms with Gasteiger partial charge in [0.2, 0.25) is 5.95 Å². The zero-order chi connectivity index (χ0) is 36.6. The van der Waals surface area contributed by atoms with Crippen LogP contribution < -0.4 is 21.3 Å². The Bertz CT molecular complexity index is 2000. The summed E-state index contributed by atoms with van der Waals surface area (Å²) in [5.74, 6) is -1.58. The number of halogens is 5. The highest BCUT2D eigenvalue weighted by Crippen LogP contribution is 2.33. The van der Waals surface area contributed by atoms with Crippen molar-refractivity contribution in [2.75, 3.05) is 61.3 Å². The zero-order valence-corrected chi connectivity index (χ0v) is 28.0. The average molecular weight is 721 g/mol. The monoisotopic (exact) mass is 720 g/mol. The maximum atomic E-state index is 15.2. The second kappa shape index (κ2) is 15.9. The number of urea groups is 1.